The molecule has 0 bridgehead atoms. The first kappa shape index (κ1) is 12.2. The Morgan fingerprint density at radius 1 is 1.26 bits per heavy atom. The molecule has 19 heavy (non-hydrogen) atoms. The molecule has 1 aliphatic carbocycles. The molecule has 1 saturated heterocycles. The maximum absolute atomic E-state index is 12.3. The van der Waals surface area contributed by atoms with Gasteiger partial charge in [0.2, 0.25) is 11.8 Å². The normalized spacial score (nSPS) is 27.2. The van der Waals surface area contributed by atoms with Crippen molar-refractivity contribution < 1.29 is 9.59 Å². The van der Waals surface area contributed by atoms with Gasteiger partial charge in [-0.2, -0.15) is 5.26 Å². The molecule has 2 fully saturated rings. The van der Waals surface area contributed by atoms with Crippen LogP contribution in [0.15, 0.2) is 18.2 Å². The highest BCUT2D eigenvalue weighted by Crippen LogP contribution is 2.63. The second-order valence-corrected chi connectivity index (χ2v) is 6.00. The molecule has 1 heterocycles. The number of nitrogens with zero attached hydrogens (tertiary/aromatic N) is 2. The number of anilines is 1. The van der Waals surface area contributed by atoms with Crippen molar-refractivity contribution in [3.63, 3.8) is 0 Å². The Morgan fingerprint density at radius 3 is 2.37 bits per heavy atom. The van der Waals surface area contributed by atoms with Crippen molar-refractivity contribution in [1.29, 1.82) is 5.26 Å². The Balaban J connectivity index is 2.07. The van der Waals surface area contributed by atoms with Crippen LogP contribution in [0.2, 0.25) is 5.02 Å². The summed E-state index contributed by atoms with van der Waals surface area (Å²) >= 11 is 5.89. The summed E-state index contributed by atoms with van der Waals surface area (Å²) in [5, 5.41) is 9.48. The van der Waals surface area contributed by atoms with E-state index in [1.807, 2.05) is 19.9 Å². The molecule has 4 nitrogen and oxygen atoms in total. The van der Waals surface area contributed by atoms with Gasteiger partial charge in [0.1, 0.15) is 6.07 Å². The van der Waals surface area contributed by atoms with Crippen molar-refractivity contribution in [2.75, 3.05) is 4.90 Å². The van der Waals surface area contributed by atoms with Gasteiger partial charge in [0.05, 0.1) is 23.1 Å². The van der Waals surface area contributed by atoms with Crippen molar-refractivity contribution in [3.8, 4) is 6.07 Å². The molecule has 3 rings (SSSR count). The lowest BCUT2D eigenvalue weighted by molar-refractivity contribution is -0.125. The summed E-state index contributed by atoms with van der Waals surface area (Å²) < 4.78 is 0. The van der Waals surface area contributed by atoms with E-state index in [-0.39, 0.29) is 34.6 Å². The van der Waals surface area contributed by atoms with Crippen molar-refractivity contribution >= 4 is 29.1 Å². The van der Waals surface area contributed by atoms with E-state index in [4.69, 9.17) is 16.9 Å². The Hall–Kier alpha value is -1.86. The quantitative estimate of drug-likeness (QED) is 0.739. The predicted octanol–water partition coefficient (Wildman–Crippen LogP) is 2.36. The summed E-state index contributed by atoms with van der Waals surface area (Å²) in [4.78, 5) is 25.7. The summed E-state index contributed by atoms with van der Waals surface area (Å²) in [5.41, 5.74) is 0.328. The summed E-state index contributed by atoms with van der Waals surface area (Å²) in [6.45, 7) is 3.83. The predicted molar refractivity (Wildman–Crippen MR) is 69.4 cm³/mol. The van der Waals surface area contributed by atoms with E-state index in [1.54, 1.807) is 6.07 Å². The number of hydrogen-bond acceptors (Lipinski definition) is 3. The molecular weight excluding hydrogens is 264 g/mol. The van der Waals surface area contributed by atoms with Crippen LogP contribution in [0.1, 0.15) is 19.4 Å². The Kier molecular flexibility index (Phi) is 2.30. The summed E-state index contributed by atoms with van der Waals surface area (Å²) in [6.07, 6.45) is 0. The topological polar surface area (TPSA) is 61.2 Å². The van der Waals surface area contributed by atoms with Gasteiger partial charge in [-0.25, -0.2) is 4.90 Å². The molecule has 0 spiro atoms. The molecule has 96 valence electrons. The van der Waals surface area contributed by atoms with Gasteiger partial charge in [0.15, 0.2) is 0 Å². The number of carbonyl (C=O) groups excluding carboxylic acids is 2. The first-order valence-electron chi connectivity index (χ1n) is 5.97. The second-order valence-electron chi connectivity index (χ2n) is 5.56. The number of imide groups is 1. The maximum Gasteiger partial charge on any atom is 0.238 e. The van der Waals surface area contributed by atoms with E-state index >= 15 is 0 Å². The average Bonchev–Trinajstić information content (AvgIpc) is 2.80. The fraction of sp³-hybridized carbons (Fsp3) is 0.357. The van der Waals surface area contributed by atoms with Crippen LogP contribution in [0.3, 0.4) is 0 Å². The van der Waals surface area contributed by atoms with Gasteiger partial charge in [-0.1, -0.05) is 25.4 Å². The number of piperidine rings is 1. The lowest BCUT2D eigenvalue weighted by Gasteiger charge is -2.21. The SMILES string of the molecule is CC1(C)C2C(=O)N(c3cc(Cl)ccc3C#N)C(=O)C21. The minimum atomic E-state index is -0.259. The van der Waals surface area contributed by atoms with Crippen LogP contribution in [-0.2, 0) is 9.59 Å². The molecular formula is C14H11ClN2O2. The third kappa shape index (κ3) is 1.45. The van der Waals surface area contributed by atoms with E-state index in [0.717, 1.165) is 4.90 Å². The Labute approximate surface area is 115 Å². The summed E-state index contributed by atoms with van der Waals surface area (Å²) in [5.74, 6) is -0.964. The third-order valence-electron chi connectivity index (χ3n) is 4.12. The lowest BCUT2D eigenvalue weighted by Crippen LogP contribution is -2.36. The van der Waals surface area contributed by atoms with E-state index < -0.39 is 0 Å². The first-order valence-corrected chi connectivity index (χ1v) is 6.35. The van der Waals surface area contributed by atoms with Crippen LogP contribution < -0.4 is 4.90 Å². The minimum Gasteiger partial charge on any atom is -0.274 e. The highest BCUT2D eigenvalue weighted by atomic mass is 35.5. The lowest BCUT2D eigenvalue weighted by atomic mass is 10.0. The zero-order valence-electron chi connectivity index (χ0n) is 10.5. The molecule has 2 atom stereocenters. The van der Waals surface area contributed by atoms with Crippen LogP contribution in [0.5, 0.6) is 0 Å². The van der Waals surface area contributed by atoms with Crippen molar-refractivity contribution in [2.45, 2.75) is 13.8 Å². The molecule has 1 aromatic rings. The molecule has 0 radical (unpaired) electrons. The van der Waals surface area contributed by atoms with Gasteiger partial charge in [0.25, 0.3) is 0 Å². The zero-order valence-corrected chi connectivity index (χ0v) is 11.2. The van der Waals surface area contributed by atoms with Gasteiger partial charge in [-0.15, -0.1) is 0 Å². The van der Waals surface area contributed by atoms with E-state index in [2.05, 4.69) is 0 Å². The molecule has 1 aliphatic heterocycles. The monoisotopic (exact) mass is 274 g/mol. The summed E-state index contributed by atoms with van der Waals surface area (Å²) in [7, 11) is 0. The average molecular weight is 275 g/mol. The Morgan fingerprint density at radius 2 is 1.84 bits per heavy atom. The molecule has 5 heteroatoms. The van der Waals surface area contributed by atoms with Crippen LogP contribution in [0, 0.1) is 28.6 Å². The molecule has 1 aromatic carbocycles. The fourth-order valence-corrected chi connectivity index (χ4v) is 3.13. The number of rotatable bonds is 1. The van der Waals surface area contributed by atoms with Crippen molar-refractivity contribution in [3.05, 3.63) is 28.8 Å². The van der Waals surface area contributed by atoms with Gasteiger partial charge in [-0.3, -0.25) is 9.59 Å². The van der Waals surface area contributed by atoms with Gasteiger partial charge >= 0.3 is 0 Å². The van der Waals surface area contributed by atoms with Crippen LogP contribution >= 0.6 is 11.6 Å². The Bertz CT molecular complexity index is 636. The van der Waals surface area contributed by atoms with Crippen LogP contribution in [-0.4, -0.2) is 11.8 Å². The molecule has 2 unspecified atom stereocenters. The largest absolute Gasteiger partial charge is 0.274 e. The first-order chi connectivity index (χ1) is 8.89. The highest BCUT2D eigenvalue weighted by Gasteiger charge is 2.72. The number of amides is 2. The van der Waals surface area contributed by atoms with Crippen LogP contribution in [0.4, 0.5) is 5.69 Å². The minimum absolute atomic E-state index is 0.223. The van der Waals surface area contributed by atoms with E-state index in [0.29, 0.717) is 10.7 Å². The second kappa shape index (κ2) is 3.58. The van der Waals surface area contributed by atoms with Gasteiger partial charge < -0.3 is 0 Å². The molecule has 1 saturated carbocycles. The standard InChI is InChI=1S/C14H11ClN2O2/c1-14(2)10-11(14)13(19)17(12(10)18)9-5-8(15)4-3-7(9)6-16/h3-5,10-11H,1-2H3. The number of fused-ring (bicyclic) bond motifs is 1. The molecule has 2 aliphatic rings. The third-order valence-corrected chi connectivity index (χ3v) is 4.36. The fourth-order valence-electron chi connectivity index (χ4n) is 2.97. The summed E-state index contributed by atoms with van der Waals surface area (Å²) in [6, 6.07) is 6.57. The number of hydrogen-bond donors (Lipinski definition) is 0. The number of nitriles is 1. The smallest absolute Gasteiger partial charge is 0.238 e. The van der Waals surface area contributed by atoms with Gasteiger partial charge in [-0.05, 0) is 23.6 Å². The number of carbonyl (C=O) groups is 2. The molecule has 0 aromatic heterocycles. The van der Waals surface area contributed by atoms with Gasteiger partial charge in [0, 0.05) is 5.02 Å². The number of benzene rings is 1. The molecule has 0 N–H and O–H groups in total. The van der Waals surface area contributed by atoms with E-state index in [1.165, 1.54) is 12.1 Å². The van der Waals surface area contributed by atoms with Crippen LogP contribution in [0.25, 0.3) is 0 Å². The maximum atomic E-state index is 12.3. The number of halogens is 1. The highest BCUT2D eigenvalue weighted by molar-refractivity contribution is 6.32. The molecule has 2 amide bonds. The van der Waals surface area contributed by atoms with Crippen molar-refractivity contribution in [1.82, 2.24) is 0 Å². The van der Waals surface area contributed by atoms with Crippen molar-refractivity contribution in [2.24, 2.45) is 17.3 Å². The zero-order chi connectivity index (χ0) is 13.9. The van der Waals surface area contributed by atoms with E-state index in [9.17, 15) is 9.59 Å².